The molecule has 0 radical (unpaired) electrons. The van der Waals surface area contributed by atoms with Crippen LogP contribution >= 0.6 is 0 Å². The molecule has 0 spiro atoms. The maximum absolute atomic E-state index is 11.3. The van der Waals surface area contributed by atoms with Gasteiger partial charge in [-0.2, -0.15) is 0 Å². The van der Waals surface area contributed by atoms with Gasteiger partial charge in [0, 0.05) is 13.0 Å². The van der Waals surface area contributed by atoms with Crippen LogP contribution in [0.4, 0.5) is 0 Å². The number of carbonyl (C=O) groups excluding carboxylic acids is 1. The maximum Gasteiger partial charge on any atom is 0.306 e. The Bertz CT molecular complexity index is 369. The summed E-state index contributed by atoms with van der Waals surface area (Å²) in [6.07, 6.45) is 1.34. The van der Waals surface area contributed by atoms with Gasteiger partial charge in [-0.05, 0) is 30.6 Å². The third-order valence-corrected chi connectivity index (χ3v) is 3.18. The van der Waals surface area contributed by atoms with Crippen molar-refractivity contribution in [3.05, 3.63) is 35.4 Å². The molecule has 1 aromatic rings. The fourth-order valence-electron chi connectivity index (χ4n) is 1.89. The van der Waals surface area contributed by atoms with Crippen molar-refractivity contribution in [1.82, 2.24) is 4.90 Å². The summed E-state index contributed by atoms with van der Waals surface area (Å²) in [5, 5.41) is 0. The molecule has 0 aliphatic heterocycles. The summed E-state index contributed by atoms with van der Waals surface area (Å²) in [6.45, 7) is 9.80. The zero-order valence-electron chi connectivity index (χ0n) is 12.3. The standard InChI is InChI=1S/C16H25NO2/c1-4-7-16(18)19-13-15-10-8-14(9-11-15)12-17(5-2)6-3/h8-11H,4-7,12-13H2,1-3H3. The van der Waals surface area contributed by atoms with E-state index in [-0.39, 0.29) is 5.97 Å². The lowest BCUT2D eigenvalue weighted by molar-refractivity contribution is -0.144. The fourth-order valence-corrected chi connectivity index (χ4v) is 1.89. The van der Waals surface area contributed by atoms with Gasteiger partial charge < -0.3 is 4.74 Å². The Kier molecular flexibility index (Phi) is 7.19. The average molecular weight is 263 g/mol. The zero-order chi connectivity index (χ0) is 14.1. The Hall–Kier alpha value is -1.35. The number of hydrogen-bond acceptors (Lipinski definition) is 3. The van der Waals surface area contributed by atoms with E-state index in [1.807, 2.05) is 19.1 Å². The number of ether oxygens (including phenoxy) is 1. The highest BCUT2D eigenvalue weighted by Crippen LogP contribution is 2.09. The van der Waals surface area contributed by atoms with Crippen LogP contribution in [0.2, 0.25) is 0 Å². The number of esters is 1. The molecule has 0 saturated heterocycles. The van der Waals surface area contributed by atoms with E-state index in [1.165, 1.54) is 5.56 Å². The van der Waals surface area contributed by atoms with Crippen molar-refractivity contribution in [3.8, 4) is 0 Å². The van der Waals surface area contributed by atoms with Gasteiger partial charge in [0.25, 0.3) is 0 Å². The molecule has 0 saturated carbocycles. The Morgan fingerprint density at radius 2 is 1.63 bits per heavy atom. The van der Waals surface area contributed by atoms with E-state index in [9.17, 15) is 4.79 Å². The largest absolute Gasteiger partial charge is 0.461 e. The molecule has 19 heavy (non-hydrogen) atoms. The Labute approximate surface area is 116 Å². The number of carbonyl (C=O) groups is 1. The van der Waals surface area contributed by atoms with Crippen LogP contribution < -0.4 is 0 Å². The summed E-state index contributed by atoms with van der Waals surface area (Å²) in [6, 6.07) is 8.30. The van der Waals surface area contributed by atoms with Gasteiger partial charge in [-0.25, -0.2) is 0 Å². The number of rotatable bonds is 8. The molecule has 0 aromatic heterocycles. The predicted molar refractivity (Wildman–Crippen MR) is 77.8 cm³/mol. The monoisotopic (exact) mass is 263 g/mol. The summed E-state index contributed by atoms with van der Waals surface area (Å²) >= 11 is 0. The number of hydrogen-bond donors (Lipinski definition) is 0. The van der Waals surface area contributed by atoms with E-state index in [1.54, 1.807) is 0 Å². The average Bonchev–Trinajstić information content (AvgIpc) is 2.44. The van der Waals surface area contributed by atoms with E-state index in [4.69, 9.17) is 4.74 Å². The van der Waals surface area contributed by atoms with Crippen molar-refractivity contribution >= 4 is 5.97 Å². The minimum atomic E-state index is -0.116. The van der Waals surface area contributed by atoms with Crippen LogP contribution in [0.5, 0.6) is 0 Å². The van der Waals surface area contributed by atoms with Crippen LogP contribution in [0, 0.1) is 0 Å². The summed E-state index contributed by atoms with van der Waals surface area (Å²) in [7, 11) is 0. The second kappa shape index (κ2) is 8.70. The molecule has 0 bridgehead atoms. The molecule has 0 heterocycles. The van der Waals surface area contributed by atoms with E-state index < -0.39 is 0 Å². The van der Waals surface area contributed by atoms with Gasteiger partial charge in [-0.15, -0.1) is 0 Å². The summed E-state index contributed by atoms with van der Waals surface area (Å²) in [5.74, 6) is -0.116. The smallest absolute Gasteiger partial charge is 0.306 e. The minimum absolute atomic E-state index is 0.116. The fraction of sp³-hybridized carbons (Fsp3) is 0.562. The van der Waals surface area contributed by atoms with Crippen molar-refractivity contribution in [1.29, 1.82) is 0 Å². The first kappa shape index (κ1) is 15.7. The van der Waals surface area contributed by atoms with E-state index in [0.29, 0.717) is 13.0 Å². The zero-order valence-corrected chi connectivity index (χ0v) is 12.3. The normalized spacial score (nSPS) is 10.7. The van der Waals surface area contributed by atoms with Gasteiger partial charge >= 0.3 is 5.97 Å². The first-order valence-electron chi connectivity index (χ1n) is 7.15. The Balaban J connectivity index is 2.45. The molecule has 0 aliphatic rings. The molecule has 0 fully saturated rings. The molecule has 0 amide bonds. The van der Waals surface area contributed by atoms with Crippen LogP contribution in [-0.2, 0) is 22.7 Å². The molecule has 1 aromatic carbocycles. The minimum Gasteiger partial charge on any atom is -0.461 e. The van der Waals surface area contributed by atoms with E-state index >= 15 is 0 Å². The van der Waals surface area contributed by atoms with Crippen molar-refractivity contribution in [2.24, 2.45) is 0 Å². The van der Waals surface area contributed by atoms with E-state index in [0.717, 1.165) is 31.6 Å². The summed E-state index contributed by atoms with van der Waals surface area (Å²) in [5.41, 5.74) is 2.35. The third-order valence-electron chi connectivity index (χ3n) is 3.18. The lowest BCUT2D eigenvalue weighted by Crippen LogP contribution is -2.22. The third kappa shape index (κ3) is 5.88. The predicted octanol–water partition coefficient (Wildman–Crippen LogP) is 3.37. The molecule has 3 nitrogen and oxygen atoms in total. The second-order valence-corrected chi connectivity index (χ2v) is 4.69. The molecule has 1 rings (SSSR count). The van der Waals surface area contributed by atoms with Crippen LogP contribution in [0.25, 0.3) is 0 Å². The van der Waals surface area contributed by atoms with Gasteiger partial charge in [0.2, 0.25) is 0 Å². The van der Waals surface area contributed by atoms with Crippen LogP contribution in [-0.4, -0.2) is 24.0 Å². The molecule has 0 atom stereocenters. The van der Waals surface area contributed by atoms with Crippen molar-refractivity contribution in [2.75, 3.05) is 13.1 Å². The quantitative estimate of drug-likeness (QED) is 0.673. The highest BCUT2D eigenvalue weighted by Gasteiger charge is 2.03. The van der Waals surface area contributed by atoms with Gasteiger partial charge in [-0.3, -0.25) is 9.69 Å². The Morgan fingerprint density at radius 3 is 2.16 bits per heavy atom. The highest BCUT2D eigenvalue weighted by atomic mass is 16.5. The number of nitrogens with zero attached hydrogens (tertiary/aromatic N) is 1. The first-order chi connectivity index (χ1) is 9.19. The number of benzene rings is 1. The van der Waals surface area contributed by atoms with Gasteiger partial charge in [0.05, 0.1) is 0 Å². The molecular weight excluding hydrogens is 238 g/mol. The van der Waals surface area contributed by atoms with Crippen molar-refractivity contribution in [3.63, 3.8) is 0 Å². The van der Waals surface area contributed by atoms with Crippen molar-refractivity contribution in [2.45, 2.75) is 46.8 Å². The molecule has 0 aliphatic carbocycles. The SMILES string of the molecule is CCCC(=O)OCc1ccc(CN(CC)CC)cc1. The second-order valence-electron chi connectivity index (χ2n) is 4.69. The summed E-state index contributed by atoms with van der Waals surface area (Å²) in [4.78, 5) is 13.6. The maximum atomic E-state index is 11.3. The Morgan fingerprint density at radius 1 is 1.05 bits per heavy atom. The van der Waals surface area contributed by atoms with Crippen molar-refractivity contribution < 1.29 is 9.53 Å². The van der Waals surface area contributed by atoms with Crippen LogP contribution in [0.15, 0.2) is 24.3 Å². The van der Waals surface area contributed by atoms with Gasteiger partial charge in [0.15, 0.2) is 0 Å². The molecule has 3 heteroatoms. The molecule has 106 valence electrons. The topological polar surface area (TPSA) is 29.5 Å². The lowest BCUT2D eigenvalue weighted by atomic mass is 10.1. The van der Waals surface area contributed by atoms with Crippen LogP contribution in [0.1, 0.15) is 44.7 Å². The van der Waals surface area contributed by atoms with Gasteiger partial charge in [-0.1, -0.05) is 45.0 Å². The highest BCUT2D eigenvalue weighted by molar-refractivity contribution is 5.69. The first-order valence-corrected chi connectivity index (χ1v) is 7.15. The lowest BCUT2D eigenvalue weighted by Gasteiger charge is -2.18. The summed E-state index contributed by atoms with van der Waals surface area (Å²) < 4.78 is 5.18. The molecule has 0 N–H and O–H groups in total. The van der Waals surface area contributed by atoms with E-state index in [2.05, 4.69) is 30.9 Å². The van der Waals surface area contributed by atoms with Crippen LogP contribution in [0.3, 0.4) is 0 Å². The molecule has 0 unspecified atom stereocenters. The van der Waals surface area contributed by atoms with Gasteiger partial charge in [0.1, 0.15) is 6.61 Å². The molecular formula is C16H25NO2.